The summed E-state index contributed by atoms with van der Waals surface area (Å²) in [5, 5.41) is 3.39. The summed E-state index contributed by atoms with van der Waals surface area (Å²) in [6, 6.07) is 0. The molecule has 2 saturated heterocycles. The third kappa shape index (κ3) is 4.73. The Labute approximate surface area is 157 Å². The lowest BCUT2D eigenvalue weighted by Crippen LogP contribution is -2.41. The van der Waals surface area contributed by atoms with E-state index in [1.54, 1.807) is 0 Å². The molecule has 1 N–H and O–H groups in total. The van der Waals surface area contributed by atoms with Gasteiger partial charge in [0.15, 0.2) is 5.96 Å². The van der Waals surface area contributed by atoms with Crippen LogP contribution in [0, 0.1) is 11.8 Å². The summed E-state index contributed by atoms with van der Waals surface area (Å²) >= 11 is 0. The van der Waals surface area contributed by atoms with Crippen LogP contribution in [0.2, 0.25) is 0 Å². The number of carbonyl (C=O) groups is 1. The maximum atomic E-state index is 12.2. The first kappa shape index (κ1) is 18.8. The third-order valence-electron chi connectivity index (χ3n) is 5.43. The molecule has 0 aromatic rings. The highest BCUT2D eigenvalue weighted by molar-refractivity contribution is 14.0. The second-order valence-corrected chi connectivity index (χ2v) is 6.97. The molecule has 5 nitrogen and oxygen atoms in total. The van der Waals surface area contributed by atoms with Gasteiger partial charge in [-0.05, 0) is 44.4 Å². The molecule has 2 aliphatic heterocycles. The molecule has 23 heavy (non-hydrogen) atoms. The Balaban J connectivity index is 0.00000192. The monoisotopic (exact) mass is 434 g/mol. The molecule has 6 heteroatoms. The van der Waals surface area contributed by atoms with Gasteiger partial charge in [0.05, 0.1) is 0 Å². The molecule has 3 aliphatic rings. The molecule has 3 rings (SSSR count). The smallest absolute Gasteiger partial charge is 0.244 e. The lowest BCUT2D eigenvalue weighted by molar-refractivity contribution is -0.128. The maximum absolute atomic E-state index is 12.2. The minimum Gasteiger partial charge on any atom is -0.357 e. The Hall–Kier alpha value is -0.530. The van der Waals surface area contributed by atoms with Crippen LogP contribution >= 0.6 is 24.0 Å². The van der Waals surface area contributed by atoms with Gasteiger partial charge >= 0.3 is 0 Å². The highest BCUT2D eigenvalue weighted by atomic mass is 127. The number of nitrogens with one attached hydrogen (secondary N) is 1. The summed E-state index contributed by atoms with van der Waals surface area (Å²) in [6.07, 6.45) is 7.79. The van der Waals surface area contributed by atoms with Gasteiger partial charge in [-0.1, -0.05) is 12.8 Å². The zero-order valence-electron chi connectivity index (χ0n) is 14.3. The molecule has 1 aliphatic carbocycles. The molecule has 0 radical (unpaired) electrons. The van der Waals surface area contributed by atoms with Gasteiger partial charge in [-0.2, -0.15) is 0 Å². The summed E-state index contributed by atoms with van der Waals surface area (Å²) in [5.74, 6) is 2.81. The van der Waals surface area contributed by atoms with E-state index in [1.165, 1.54) is 25.7 Å². The number of rotatable bonds is 3. The first-order valence-electron chi connectivity index (χ1n) is 9.09. The van der Waals surface area contributed by atoms with Crippen molar-refractivity contribution in [3.05, 3.63) is 0 Å². The number of halogens is 1. The summed E-state index contributed by atoms with van der Waals surface area (Å²) in [4.78, 5) is 21.2. The van der Waals surface area contributed by atoms with Gasteiger partial charge in [0.2, 0.25) is 5.91 Å². The molecule has 0 aromatic heterocycles. The summed E-state index contributed by atoms with van der Waals surface area (Å²) in [6.45, 7) is 7.33. The van der Waals surface area contributed by atoms with Crippen molar-refractivity contribution in [3.63, 3.8) is 0 Å². The number of hydrogen-bond donors (Lipinski definition) is 1. The lowest BCUT2D eigenvalue weighted by atomic mass is 9.82. The van der Waals surface area contributed by atoms with E-state index in [4.69, 9.17) is 0 Å². The van der Waals surface area contributed by atoms with Gasteiger partial charge in [-0.15, -0.1) is 24.0 Å². The van der Waals surface area contributed by atoms with Crippen molar-refractivity contribution in [2.45, 2.75) is 45.4 Å². The third-order valence-corrected chi connectivity index (χ3v) is 5.43. The van der Waals surface area contributed by atoms with Crippen LogP contribution < -0.4 is 5.32 Å². The maximum Gasteiger partial charge on any atom is 0.244 e. The number of nitrogens with zero attached hydrogens (tertiary/aromatic N) is 3. The van der Waals surface area contributed by atoms with E-state index in [0.29, 0.717) is 6.54 Å². The van der Waals surface area contributed by atoms with Crippen molar-refractivity contribution in [3.8, 4) is 0 Å². The Bertz CT molecular complexity index is 409. The van der Waals surface area contributed by atoms with E-state index < -0.39 is 0 Å². The van der Waals surface area contributed by atoms with E-state index in [1.807, 2.05) is 4.90 Å². The van der Waals surface area contributed by atoms with Gasteiger partial charge in [0.1, 0.15) is 6.54 Å². The van der Waals surface area contributed by atoms with Gasteiger partial charge in [0.25, 0.3) is 0 Å². The van der Waals surface area contributed by atoms with Crippen LogP contribution in [0.25, 0.3) is 0 Å². The summed E-state index contributed by atoms with van der Waals surface area (Å²) < 4.78 is 0. The van der Waals surface area contributed by atoms with Gasteiger partial charge in [0, 0.05) is 32.7 Å². The predicted octanol–water partition coefficient (Wildman–Crippen LogP) is 2.31. The highest BCUT2D eigenvalue weighted by Gasteiger charge is 2.35. The first-order valence-corrected chi connectivity index (χ1v) is 9.09. The molecular formula is C17H31IN4O. The highest BCUT2D eigenvalue weighted by Crippen LogP contribution is 2.35. The van der Waals surface area contributed by atoms with E-state index >= 15 is 0 Å². The standard InChI is InChI=1S/C17H30N4O.HI/c1-2-18-17(19-11-16(22)20-9-5-6-10-20)21-12-14-7-3-4-8-15(14)13-21;/h14-15H,2-13H2,1H3,(H,18,19);1H. The lowest BCUT2D eigenvalue weighted by Gasteiger charge is -2.22. The van der Waals surface area contributed by atoms with Crippen LogP contribution in [0.3, 0.4) is 0 Å². The van der Waals surface area contributed by atoms with Crippen molar-refractivity contribution in [1.82, 2.24) is 15.1 Å². The molecule has 132 valence electrons. The summed E-state index contributed by atoms with van der Waals surface area (Å²) in [7, 11) is 0. The van der Waals surface area contributed by atoms with Crippen LogP contribution in [-0.4, -0.2) is 60.9 Å². The molecule has 2 atom stereocenters. The van der Waals surface area contributed by atoms with E-state index in [-0.39, 0.29) is 29.9 Å². The number of amides is 1. The van der Waals surface area contributed by atoms with Crippen LogP contribution in [0.15, 0.2) is 4.99 Å². The minimum atomic E-state index is 0. The Morgan fingerprint density at radius 3 is 2.22 bits per heavy atom. The second kappa shape index (κ2) is 9.08. The quantitative estimate of drug-likeness (QED) is 0.422. The molecule has 0 bridgehead atoms. The molecule has 1 amide bonds. The second-order valence-electron chi connectivity index (χ2n) is 6.97. The zero-order chi connectivity index (χ0) is 15.4. The topological polar surface area (TPSA) is 47.9 Å². The van der Waals surface area contributed by atoms with E-state index in [2.05, 4.69) is 22.1 Å². The van der Waals surface area contributed by atoms with Crippen molar-refractivity contribution in [2.75, 3.05) is 39.3 Å². The number of fused-ring (bicyclic) bond motifs is 1. The van der Waals surface area contributed by atoms with E-state index in [0.717, 1.165) is 63.4 Å². The fraction of sp³-hybridized carbons (Fsp3) is 0.882. The zero-order valence-corrected chi connectivity index (χ0v) is 16.6. The fourth-order valence-electron chi connectivity index (χ4n) is 4.21. The molecule has 2 heterocycles. The number of aliphatic imine (C=N–C) groups is 1. The number of likely N-dealkylation sites (tertiary alicyclic amines) is 2. The van der Waals surface area contributed by atoms with Crippen molar-refractivity contribution < 1.29 is 4.79 Å². The molecule has 3 fully saturated rings. The van der Waals surface area contributed by atoms with Crippen LogP contribution in [-0.2, 0) is 4.79 Å². The van der Waals surface area contributed by atoms with Crippen molar-refractivity contribution in [1.29, 1.82) is 0 Å². The minimum absolute atomic E-state index is 0. The predicted molar refractivity (Wildman–Crippen MR) is 104 cm³/mol. The molecular weight excluding hydrogens is 403 g/mol. The van der Waals surface area contributed by atoms with Crippen LogP contribution in [0.4, 0.5) is 0 Å². The Morgan fingerprint density at radius 1 is 1.04 bits per heavy atom. The normalized spacial score (nSPS) is 27.6. The average molecular weight is 434 g/mol. The number of guanidine groups is 1. The largest absolute Gasteiger partial charge is 0.357 e. The Morgan fingerprint density at radius 2 is 1.65 bits per heavy atom. The molecule has 0 aromatic carbocycles. The van der Waals surface area contributed by atoms with Gasteiger partial charge < -0.3 is 15.1 Å². The molecule has 0 spiro atoms. The van der Waals surface area contributed by atoms with Gasteiger partial charge in [-0.25, -0.2) is 4.99 Å². The number of hydrogen-bond acceptors (Lipinski definition) is 2. The van der Waals surface area contributed by atoms with Crippen molar-refractivity contribution in [2.24, 2.45) is 16.8 Å². The molecule has 1 saturated carbocycles. The van der Waals surface area contributed by atoms with Crippen LogP contribution in [0.5, 0.6) is 0 Å². The van der Waals surface area contributed by atoms with E-state index in [9.17, 15) is 4.79 Å². The summed E-state index contributed by atoms with van der Waals surface area (Å²) in [5.41, 5.74) is 0. The number of carbonyl (C=O) groups excluding carboxylic acids is 1. The van der Waals surface area contributed by atoms with Crippen LogP contribution in [0.1, 0.15) is 45.4 Å². The SMILES string of the molecule is CCNC(=NCC(=O)N1CCCC1)N1CC2CCCCC2C1.I. The van der Waals surface area contributed by atoms with Crippen molar-refractivity contribution >= 4 is 35.8 Å². The fourth-order valence-corrected chi connectivity index (χ4v) is 4.21. The van der Waals surface area contributed by atoms with Gasteiger partial charge in [-0.3, -0.25) is 4.79 Å². The molecule has 2 unspecified atom stereocenters. The first-order chi connectivity index (χ1) is 10.8. The Kier molecular flexibility index (Phi) is 7.43. The average Bonchev–Trinajstić information content (AvgIpc) is 3.19.